The highest BCUT2D eigenvalue weighted by atomic mass is 16.2. The quantitative estimate of drug-likeness (QED) is 0.206. The van der Waals surface area contributed by atoms with Gasteiger partial charge in [-0.2, -0.15) is 15.0 Å². The van der Waals surface area contributed by atoms with E-state index in [9.17, 15) is 14.4 Å². The maximum Gasteiger partial charge on any atom is 0.248 e. The van der Waals surface area contributed by atoms with Crippen molar-refractivity contribution in [3.05, 3.63) is 89.5 Å². The number of benzene rings is 3. The van der Waals surface area contributed by atoms with E-state index < -0.39 is 17.7 Å². The van der Waals surface area contributed by atoms with Crippen molar-refractivity contribution >= 4 is 52.6 Å². The van der Waals surface area contributed by atoms with Gasteiger partial charge in [0.1, 0.15) is 0 Å². The Bertz CT molecular complexity index is 1230. The van der Waals surface area contributed by atoms with Gasteiger partial charge < -0.3 is 33.2 Å². The molecule has 0 saturated heterocycles. The lowest BCUT2D eigenvalue weighted by atomic mass is 10.2. The lowest BCUT2D eigenvalue weighted by molar-refractivity contribution is 0.0992. The molecule has 1 heterocycles. The van der Waals surface area contributed by atoms with E-state index in [1.165, 1.54) is 0 Å². The number of nitrogens with one attached hydrogen (secondary N) is 3. The maximum atomic E-state index is 11.3. The van der Waals surface area contributed by atoms with E-state index in [0.29, 0.717) is 33.8 Å². The molecule has 12 nitrogen and oxygen atoms in total. The van der Waals surface area contributed by atoms with Gasteiger partial charge in [-0.25, -0.2) is 0 Å². The van der Waals surface area contributed by atoms with E-state index in [1.54, 1.807) is 72.8 Å². The zero-order chi connectivity index (χ0) is 25.7. The molecule has 0 aliphatic carbocycles. The molecule has 4 aromatic rings. The van der Waals surface area contributed by atoms with Crippen molar-refractivity contribution in [3.8, 4) is 0 Å². The van der Waals surface area contributed by atoms with Crippen molar-refractivity contribution in [2.75, 3.05) is 16.0 Å². The standard InChI is InChI=1S/C24H21N9O3/c25-19(34)13-1-7-16(8-2-13)28-22-31-23(29-17-9-3-14(4-10-17)20(26)35)33-24(32-22)30-18-11-5-15(6-12-18)21(27)36/h1-12H,(H2,25,34)(H2,26,35)(H2,27,36)(H3,28,29,30,31,32,33). The Hall–Kier alpha value is -5.52. The predicted octanol–water partition coefficient (Wildman–Crippen LogP) is 2.40. The SMILES string of the molecule is NC(=O)c1ccc(Nc2nc(Nc3ccc(C(N)=O)cc3)nc(Nc3ccc(C(N)=O)cc3)n2)cc1. The van der Waals surface area contributed by atoms with Crippen molar-refractivity contribution in [2.24, 2.45) is 17.2 Å². The fourth-order valence-electron chi connectivity index (χ4n) is 3.08. The van der Waals surface area contributed by atoms with Crippen LogP contribution in [-0.4, -0.2) is 32.7 Å². The van der Waals surface area contributed by atoms with Gasteiger partial charge in [-0.1, -0.05) is 0 Å². The average Bonchev–Trinajstić information content (AvgIpc) is 2.85. The van der Waals surface area contributed by atoms with Gasteiger partial charge >= 0.3 is 0 Å². The van der Waals surface area contributed by atoms with Crippen LogP contribution in [0, 0.1) is 0 Å². The highest BCUT2D eigenvalue weighted by Gasteiger charge is 2.10. The first-order valence-corrected chi connectivity index (χ1v) is 10.5. The van der Waals surface area contributed by atoms with Crippen molar-refractivity contribution in [3.63, 3.8) is 0 Å². The van der Waals surface area contributed by atoms with Crippen molar-refractivity contribution in [1.29, 1.82) is 0 Å². The van der Waals surface area contributed by atoms with Crippen LogP contribution in [0.5, 0.6) is 0 Å². The van der Waals surface area contributed by atoms with Gasteiger partial charge in [0.15, 0.2) is 0 Å². The average molecular weight is 483 g/mol. The summed E-state index contributed by atoms with van der Waals surface area (Å²) in [6.45, 7) is 0. The van der Waals surface area contributed by atoms with Gasteiger partial charge in [-0.15, -0.1) is 0 Å². The van der Waals surface area contributed by atoms with Crippen molar-refractivity contribution in [1.82, 2.24) is 15.0 Å². The van der Waals surface area contributed by atoms with Crippen LogP contribution in [0.3, 0.4) is 0 Å². The summed E-state index contributed by atoms with van der Waals surface area (Å²) in [6.07, 6.45) is 0. The lowest BCUT2D eigenvalue weighted by Gasteiger charge is -2.12. The van der Waals surface area contributed by atoms with Crippen LogP contribution in [0.15, 0.2) is 72.8 Å². The monoisotopic (exact) mass is 483 g/mol. The van der Waals surface area contributed by atoms with Crippen molar-refractivity contribution < 1.29 is 14.4 Å². The van der Waals surface area contributed by atoms with Crippen LogP contribution in [0.2, 0.25) is 0 Å². The number of primary amides is 3. The third kappa shape index (κ3) is 5.88. The summed E-state index contributed by atoms with van der Waals surface area (Å²) in [5, 5.41) is 9.16. The van der Waals surface area contributed by atoms with E-state index in [4.69, 9.17) is 17.2 Å². The number of nitrogens with two attached hydrogens (primary N) is 3. The summed E-state index contributed by atoms with van der Waals surface area (Å²) >= 11 is 0. The number of aromatic nitrogens is 3. The molecule has 0 aliphatic rings. The molecule has 0 aliphatic heterocycles. The fourth-order valence-corrected chi connectivity index (χ4v) is 3.08. The smallest absolute Gasteiger partial charge is 0.248 e. The van der Waals surface area contributed by atoms with Gasteiger partial charge in [0.2, 0.25) is 35.6 Å². The molecule has 36 heavy (non-hydrogen) atoms. The summed E-state index contributed by atoms with van der Waals surface area (Å²) in [6, 6.07) is 19.4. The van der Waals surface area contributed by atoms with Crippen LogP contribution < -0.4 is 33.2 Å². The van der Waals surface area contributed by atoms with E-state index in [2.05, 4.69) is 30.9 Å². The first kappa shape index (κ1) is 23.6. The number of anilines is 6. The first-order valence-electron chi connectivity index (χ1n) is 10.5. The number of hydrogen-bond acceptors (Lipinski definition) is 9. The molecule has 0 atom stereocenters. The molecule has 0 spiro atoms. The minimum Gasteiger partial charge on any atom is -0.366 e. The van der Waals surface area contributed by atoms with Crippen LogP contribution in [0.1, 0.15) is 31.1 Å². The number of nitrogens with zero attached hydrogens (tertiary/aromatic N) is 3. The minimum atomic E-state index is -0.538. The van der Waals surface area contributed by atoms with E-state index in [-0.39, 0.29) is 17.8 Å². The summed E-state index contributed by atoms with van der Waals surface area (Å²) < 4.78 is 0. The second-order valence-electron chi connectivity index (χ2n) is 7.51. The Balaban J connectivity index is 1.62. The molecule has 1 aromatic heterocycles. The molecular weight excluding hydrogens is 462 g/mol. The third-order valence-corrected chi connectivity index (χ3v) is 4.91. The number of carbonyl (C=O) groups is 3. The van der Waals surface area contributed by atoms with Gasteiger partial charge in [0.05, 0.1) is 0 Å². The van der Waals surface area contributed by atoms with Crippen LogP contribution in [0.4, 0.5) is 34.9 Å². The van der Waals surface area contributed by atoms with Gasteiger partial charge in [0.25, 0.3) is 0 Å². The van der Waals surface area contributed by atoms with Crippen molar-refractivity contribution in [2.45, 2.75) is 0 Å². The van der Waals surface area contributed by atoms with E-state index in [0.717, 1.165) is 0 Å². The number of hydrogen-bond donors (Lipinski definition) is 6. The topological polar surface area (TPSA) is 204 Å². The highest BCUT2D eigenvalue weighted by molar-refractivity contribution is 5.94. The molecule has 0 bridgehead atoms. The summed E-state index contributed by atoms with van der Waals surface area (Å²) in [4.78, 5) is 47.1. The highest BCUT2D eigenvalue weighted by Crippen LogP contribution is 2.22. The van der Waals surface area contributed by atoms with Gasteiger partial charge in [0, 0.05) is 33.8 Å². The molecular formula is C24H21N9O3. The summed E-state index contributed by atoms with van der Waals surface area (Å²) in [7, 11) is 0. The predicted molar refractivity (Wildman–Crippen MR) is 135 cm³/mol. The number of rotatable bonds is 9. The largest absolute Gasteiger partial charge is 0.366 e. The Morgan fingerprint density at radius 2 is 0.667 bits per heavy atom. The normalized spacial score (nSPS) is 10.3. The fraction of sp³-hybridized carbons (Fsp3) is 0. The van der Waals surface area contributed by atoms with Crippen LogP contribution >= 0.6 is 0 Å². The lowest BCUT2D eigenvalue weighted by Crippen LogP contribution is -2.11. The van der Waals surface area contributed by atoms with Gasteiger partial charge in [-0.05, 0) is 72.8 Å². The molecule has 0 unspecified atom stereocenters. The molecule has 0 radical (unpaired) electrons. The molecule has 12 heteroatoms. The molecule has 0 fully saturated rings. The number of amides is 3. The van der Waals surface area contributed by atoms with E-state index >= 15 is 0 Å². The summed E-state index contributed by atoms with van der Waals surface area (Å²) in [5.74, 6) is -1.02. The Kier molecular flexibility index (Phi) is 6.68. The summed E-state index contributed by atoms with van der Waals surface area (Å²) in [5.41, 5.74) is 18.8. The molecule has 4 rings (SSSR count). The van der Waals surface area contributed by atoms with Crippen LogP contribution in [0.25, 0.3) is 0 Å². The first-order chi connectivity index (χ1) is 17.3. The van der Waals surface area contributed by atoms with Gasteiger partial charge in [-0.3, -0.25) is 14.4 Å². The number of carbonyl (C=O) groups excluding carboxylic acids is 3. The molecule has 0 saturated carbocycles. The maximum absolute atomic E-state index is 11.3. The Labute approximate surface area is 205 Å². The molecule has 9 N–H and O–H groups in total. The molecule has 3 amide bonds. The van der Waals surface area contributed by atoms with E-state index in [1.807, 2.05) is 0 Å². The molecule has 3 aromatic carbocycles. The second kappa shape index (κ2) is 10.2. The second-order valence-corrected chi connectivity index (χ2v) is 7.51. The third-order valence-electron chi connectivity index (χ3n) is 4.91. The van der Waals surface area contributed by atoms with Crippen LogP contribution in [-0.2, 0) is 0 Å². The Morgan fingerprint density at radius 3 is 0.861 bits per heavy atom. The molecule has 180 valence electrons. The zero-order valence-corrected chi connectivity index (χ0v) is 18.7. The minimum absolute atomic E-state index is 0.198. The Morgan fingerprint density at radius 1 is 0.444 bits per heavy atom. The zero-order valence-electron chi connectivity index (χ0n) is 18.7.